The van der Waals surface area contributed by atoms with E-state index in [2.05, 4.69) is 11.1 Å². The highest BCUT2D eigenvalue weighted by Gasteiger charge is 2.35. The highest BCUT2D eigenvalue weighted by atomic mass is 32.2. The van der Waals surface area contributed by atoms with Crippen LogP contribution in [0, 0.1) is 18.3 Å². The molecule has 4 nitrogen and oxygen atoms in total. The smallest absolute Gasteiger partial charge is 0.253 e. The molecule has 0 spiro atoms. The van der Waals surface area contributed by atoms with Crippen molar-refractivity contribution >= 4 is 17.7 Å². The standard InChI is InChI=1S/C14H17N3OS/c1-11-9-12(3-6-16-11)13(18)17-7-4-14(10-15,19-2)5-8-17/h3,6,9H,4-5,7-8H2,1-2H3. The average molecular weight is 275 g/mol. The van der Waals surface area contributed by atoms with Crippen molar-refractivity contribution in [3.8, 4) is 6.07 Å². The lowest BCUT2D eigenvalue weighted by Crippen LogP contribution is -2.44. The number of piperidine rings is 1. The van der Waals surface area contributed by atoms with E-state index in [0.717, 1.165) is 18.5 Å². The minimum absolute atomic E-state index is 0.0399. The van der Waals surface area contributed by atoms with Crippen LogP contribution < -0.4 is 0 Å². The van der Waals surface area contributed by atoms with Gasteiger partial charge in [0.15, 0.2) is 0 Å². The zero-order chi connectivity index (χ0) is 13.9. The zero-order valence-electron chi connectivity index (χ0n) is 11.2. The summed E-state index contributed by atoms with van der Waals surface area (Å²) in [5.74, 6) is 0.0399. The molecule has 0 atom stereocenters. The van der Waals surface area contributed by atoms with E-state index in [4.69, 9.17) is 0 Å². The number of likely N-dealkylation sites (tertiary alicyclic amines) is 1. The van der Waals surface area contributed by atoms with Crippen molar-refractivity contribution < 1.29 is 4.79 Å². The van der Waals surface area contributed by atoms with Gasteiger partial charge in [0.1, 0.15) is 4.75 Å². The van der Waals surface area contributed by atoms with Crippen molar-refractivity contribution in [2.24, 2.45) is 0 Å². The third kappa shape index (κ3) is 2.90. The number of nitrogens with zero attached hydrogens (tertiary/aromatic N) is 3. The summed E-state index contributed by atoms with van der Waals surface area (Å²) in [5.41, 5.74) is 1.53. The lowest BCUT2D eigenvalue weighted by Gasteiger charge is -2.36. The summed E-state index contributed by atoms with van der Waals surface area (Å²) in [7, 11) is 0. The van der Waals surface area contributed by atoms with Gasteiger partial charge in [-0.1, -0.05) is 0 Å². The number of aryl methyl sites for hydroxylation is 1. The van der Waals surface area contributed by atoms with Gasteiger partial charge in [-0.15, -0.1) is 11.8 Å². The summed E-state index contributed by atoms with van der Waals surface area (Å²) in [6.45, 7) is 3.17. The average Bonchev–Trinajstić information content (AvgIpc) is 2.46. The Hall–Kier alpha value is -1.54. The van der Waals surface area contributed by atoms with Gasteiger partial charge in [0.05, 0.1) is 6.07 Å². The Kier molecular flexibility index (Phi) is 4.11. The molecule has 0 aromatic carbocycles. The van der Waals surface area contributed by atoms with Crippen molar-refractivity contribution in [2.75, 3.05) is 19.3 Å². The molecule has 19 heavy (non-hydrogen) atoms. The number of hydrogen-bond donors (Lipinski definition) is 0. The molecule has 2 heterocycles. The molecule has 1 fully saturated rings. The molecule has 0 bridgehead atoms. The van der Waals surface area contributed by atoms with Crippen LogP contribution in [0.5, 0.6) is 0 Å². The molecule has 0 radical (unpaired) electrons. The maximum Gasteiger partial charge on any atom is 0.253 e. The summed E-state index contributed by atoms with van der Waals surface area (Å²) in [4.78, 5) is 18.3. The summed E-state index contributed by atoms with van der Waals surface area (Å²) in [6.07, 6.45) is 5.10. The van der Waals surface area contributed by atoms with E-state index >= 15 is 0 Å². The van der Waals surface area contributed by atoms with E-state index in [1.807, 2.05) is 24.1 Å². The first-order chi connectivity index (χ1) is 9.10. The highest BCUT2D eigenvalue weighted by molar-refractivity contribution is 8.00. The normalized spacial score (nSPS) is 17.8. The van der Waals surface area contributed by atoms with Crippen LogP contribution in [0.3, 0.4) is 0 Å². The fourth-order valence-corrected chi connectivity index (χ4v) is 2.98. The van der Waals surface area contributed by atoms with Gasteiger partial charge >= 0.3 is 0 Å². The minimum atomic E-state index is -0.315. The van der Waals surface area contributed by atoms with Gasteiger partial charge in [-0.05, 0) is 38.2 Å². The maximum atomic E-state index is 12.3. The predicted molar refractivity (Wildman–Crippen MR) is 76.0 cm³/mol. The Bertz CT molecular complexity index is 516. The summed E-state index contributed by atoms with van der Waals surface area (Å²) < 4.78 is -0.315. The third-order valence-electron chi connectivity index (χ3n) is 3.60. The van der Waals surface area contributed by atoms with Crippen LogP contribution in [0.15, 0.2) is 18.3 Å². The Morgan fingerprint density at radius 3 is 2.74 bits per heavy atom. The van der Waals surface area contributed by atoms with E-state index in [0.29, 0.717) is 18.7 Å². The molecule has 0 unspecified atom stereocenters. The molecule has 1 aliphatic rings. The van der Waals surface area contributed by atoms with Crippen LogP contribution in [0.25, 0.3) is 0 Å². The molecule has 0 saturated carbocycles. The van der Waals surface area contributed by atoms with Gasteiger partial charge in [-0.2, -0.15) is 5.26 Å². The molecule has 1 saturated heterocycles. The second kappa shape index (κ2) is 5.62. The molecule has 1 aromatic heterocycles. The quantitative estimate of drug-likeness (QED) is 0.830. The Morgan fingerprint density at radius 1 is 1.53 bits per heavy atom. The Labute approximate surface area is 117 Å². The molecule has 0 aliphatic carbocycles. The predicted octanol–water partition coefficient (Wildman–Crippen LogP) is 2.25. The second-order valence-corrected chi connectivity index (χ2v) is 5.98. The number of hydrogen-bond acceptors (Lipinski definition) is 4. The van der Waals surface area contributed by atoms with Crippen molar-refractivity contribution in [1.29, 1.82) is 5.26 Å². The number of aromatic nitrogens is 1. The van der Waals surface area contributed by atoms with Crippen molar-refractivity contribution in [1.82, 2.24) is 9.88 Å². The number of rotatable bonds is 2. The molecule has 5 heteroatoms. The third-order valence-corrected chi connectivity index (χ3v) is 4.88. The summed E-state index contributed by atoms with van der Waals surface area (Å²) >= 11 is 1.60. The molecular weight excluding hydrogens is 258 g/mol. The number of thioether (sulfide) groups is 1. The lowest BCUT2D eigenvalue weighted by molar-refractivity contribution is 0.0716. The molecule has 100 valence electrons. The molecule has 1 aliphatic heterocycles. The van der Waals surface area contributed by atoms with Crippen molar-refractivity contribution in [2.45, 2.75) is 24.5 Å². The number of nitriles is 1. The molecular formula is C14H17N3OS. The minimum Gasteiger partial charge on any atom is -0.338 e. The SMILES string of the molecule is CSC1(C#N)CCN(C(=O)c2ccnc(C)c2)CC1. The van der Waals surface area contributed by atoms with E-state index in [1.165, 1.54) is 0 Å². The van der Waals surface area contributed by atoms with Crippen LogP contribution in [-0.2, 0) is 0 Å². The van der Waals surface area contributed by atoms with Crippen LogP contribution in [0.2, 0.25) is 0 Å². The van der Waals surface area contributed by atoms with Crippen LogP contribution in [-0.4, -0.2) is 39.9 Å². The first-order valence-electron chi connectivity index (χ1n) is 6.28. The van der Waals surface area contributed by atoms with Gasteiger partial charge in [0, 0.05) is 30.5 Å². The van der Waals surface area contributed by atoms with E-state index in [9.17, 15) is 10.1 Å². The maximum absolute atomic E-state index is 12.3. The molecule has 1 aromatic rings. The van der Waals surface area contributed by atoms with E-state index < -0.39 is 0 Å². The molecule has 1 amide bonds. The first kappa shape index (κ1) is 13.9. The van der Waals surface area contributed by atoms with Gasteiger partial charge in [-0.3, -0.25) is 9.78 Å². The highest BCUT2D eigenvalue weighted by Crippen LogP contribution is 2.34. The Balaban J connectivity index is 2.06. The van der Waals surface area contributed by atoms with Crippen molar-refractivity contribution in [3.63, 3.8) is 0 Å². The first-order valence-corrected chi connectivity index (χ1v) is 7.51. The topological polar surface area (TPSA) is 57.0 Å². The van der Waals surface area contributed by atoms with E-state index in [-0.39, 0.29) is 10.7 Å². The van der Waals surface area contributed by atoms with Gasteiger partial charge in [0.25, 0.3) is 5.91 Å². The molecule has 0 N–H and O–H groups in total. The summed E-state index contributed by atoms with van der Waals surface area (Å²) in [6, 6.07) is 5.95. The Morgan fingerprint density at radius 2 is 2.21 bits per heavy atom. The van der Waals surface area contributed by atoms with Crippen LogP contribution in [0.1, 0.15) is 28.9 Å². The monoisotopic (exact) mass is 275 g/mol. The second-order valence-electron chi connectivity index (χ2n) is 4.79. The number of carbonyl (C=O) groups is 1. The number of amides is 1. The van der Waals surface area contributed by atoms with E-state index in [1.54, 1.807) is 24.0 Å². The van der Waals surface area contributed by atoms with Gasteiger partial charge in [-0.25, -0.2) is 0 Å². The van der Waals surface area contributed by atoms with Gasteiger partial charge in [0.2, 0.25) is 0 Å². The largest absolute Gasteiger partial charge is 0.338 e. The van der Waals surface area contributed by atoms with Crippen LogP contribution >= 0.6 is 11.8 Å². The molecule has 2 rings (SSSR count). The number of pyridine rings is 1. The van der Waals surface area contributed by atoms with Crippen LogP contribution in [0.4, 0.5) is 0 Å². The summed E-state index contributed by atoms with van der Waals surface area (Å²) in [5, 5.41) is 9.24. The zero-order valence-corrected chi connectivity index (χ0v) is 12.0. The fourth-order valence-electron chi connectivity index (χ4n) is 2.29. The van der Waals surface area contributed by atoms with Gasteiger partial charge < -0.3 is 4.90 Å². The van der Waals surface area contributed by atoms with Crippen molar-refractivity contribution in [3.05, 3.63) is 29.6 Å². The number of carbonyl (C=O) groups excluding carboxylic acids is 1. The fraction of sp³-hybridized carbons (Fsp3) is 0.500. The lowest BCUT2D eigenvalue weighted by atomic mass is 9.96.